The summed E-state index contributed by atoms with van der Waals surface area (Å²) in [4.78, 5) is 65.2. The number of aliphatic imine (C=N–C) groups is 14. The van der Waals surface area contributed by atoms with Gasteiger partial charge >= 0.3 is 0 Å². The summed E-state index contributed by atoms with van der Waals surface area (Å²) >= 11 is 46.0. The Hall–Kier alpha value is -15.8. The molecule has 0 saturated carbocycles. The molecule has 53 heteroatoms. The van der Waals surface area contributed by atoms with Gasteiger partial charge in [-0.05, 0) is 221 Å². The van der Waals surface area contributed by atoms with Crippen LogP contribution in [0.4, 0.5) is 45.5 Å². The Morgan fingerprint density at radius 1 is 0.357 bits per heavy atom. The van der Waals surface area contributed by atoms with Crippen molar-refractivity contribution >= 4 is 246 Å². The van der Waals surface area contributed by atoms with Crippen LogP contribution in [0.1, 0.15) is 26.7 Å². The van der Waals surface area contributed by atoms with Crippen LogP contribution in [0.5, 0.6) is 0 Å². The van der Waals surface area contributed by atoms with Crippen molar-refractivity contribution in [1.82, 2.24) is 14.7 Å². The van der Waals surface area contributed by atoms with Gasteiger partial charge in [-0.3, -0.25) is 51.4 Å². The van der Waals surface area contributed by atoms with Crippen molar-refractivity contribution in [2.75, 3.05) is 114 Å². The first-order valence-corrected chi connectivity index (χ1v) is 43.6. The van der Waals surface area contributed by atoms with E-state index < -0.39 is 0 Å². The maximum Gasteiger partial charge on any atom is 0.227 e. The number of hydrogen-bond acceptors (Lipinski definition) is 11. The molecule has 0 aliphatic heterocycles. The van der Waals surface area contributed by atoms with Gasteiger partial charge in [-0.1, -0.05) is 117 Å². The van der Waals surface area contributed by atoms with Crippen molar-refractivity contribution < 1.29 is 0 Å². The zero-order chi connectivity index (χ0) is 106. The number of nitrogens with two attached hydrogens (primary N) is 18. The van der Waals surface area contributed by atoms with Crippen LogP contribution < -0.4 is 133 Å². The number of rotatable bonds is 12. The molecule has 0 heterocycles. The highest BCUT2D eigenvalue weighted by Crippen LogP contribution is 2.24. The zero-order valence-electron chi connectivity index (χ0n) is 79.2. The molecule has 0 aromatic heterocycles. The lowest BCUT2D eigenvalue weighted by atomic mass is 10.2. The summed E-state index contributed by atoms with van der Waals surface area (Å²) in [5.41, 5.74) is 104. The Kier molecular flexibility index (Phi) is 57.5. The first kappa shape index (κ1) is 122. The fraction of sp³-hybridized carbons (Fsp3) is 0.195. The van der Waals surface area contributed by atoms with E-state index in [1.807, 2.05) is 45.2 Å². The molecular weight excluding hydrogens is 1960 g/mol. The third kappa shape index (κ3) is 53.5. The lowest BCUT2D eigenvalue weighted by molar-refractivity contribution is 0.615. The molecule has 140 heavy (non-hydrogen) atoms. The Balaban J connectivity index is 0.000000788. The molecule has 752 valence electrons. The predicted molar refractivity (Wildman–Crippen MR) is 596 cm³/mol. The van der Waals surface area contributed by atoms with Crippen LogP contribution in [-0.2, 0) is 0 Å². The molecule has 8 aromatic rings. The van der Waals surface area contributed by atoms with Gasteiger partial charge < -0.3 is 138 Å². The first-order valence-electron chi connectivity index (χ1n) is 40.6. The number of benzene rings is 8. The van der Waals surface area contributed by atoms with Crippen molar-refractivity contribution in [3.8, 4) is 0 Å². The maximum absolute atomic E-state index is 7.82. The van der Waals surface area contributed by atoms with Crippen LogP contribution in [-0.4, -0.2) is 212 Å². The molecule has 0 atom stereocenters. The summed E-state index contributed by atoms with van der Waals surface area (Å²) in [6, 6.07) is 56.6. The SMILES string of the molecule is CC(C)N=C(N)N=C(N)N(C)c1ccc(Cl)cc1.CN(C(=N)N)C(=N)N(C)c1ccc(Cl)cc1.CN(C(=N)N)C(N)=Nc1ccc(Cl)cc1.CN(C(=N)N=C(N)N)c1ccc(Cl)cc1.CN(C)C(N)=NC(N)=NCCC1=CCC=C1.CN=C(N)N=C(N)Nc1ccc(Cl)cc1.CN=C(N=C(N)N)N(C)c1ccc(Cl)cc1.CN=C(N=C(N)N)Nc1ccc(Cl)cc1.NC(N)=NC(N)=Nc1ccc(Cl)cc1. The summed E-state index contributed by atoms with van der Waals surface area (Å²) in [5.74, 6) is 1.70. The van der Waals surface area contributed by atoms with Gasteiger partial charge in [0, 0.05) is 164 Å². The van der Waals surface area contributed by atoms with Crippen molar-refractivity contribution in [3.63, 3.8) is 0 Å². The second-order valence-corrected chi connectivity index (χ2v) is 31.4. The highest BCUT2D eigenvalue weighted by molar-refractivity contribution is 6.33. The fourth-order valence-corrected chi connectivity index (χ4v) is 10.3. The monoisotopic (exact) mass is 2080 g/mol. The largest absolute Gasteiger partial charge is 0.370 e. The normalized spacial score (nSPS) is 11.8. The fourth-order valence-electron chi connectivity index (χ4n) is 9.26. The van der Waals surface area contributed by atoms with Crippen molar-refractivity contribution in [3.05, 3.63) is 258 Å². The van der Waals surface area contributed by atoms with E-state index in [1.165, 1.54) is 27.3 Å². The lowest BCUT2D eigenvalue weighted by Gasteiger charge is -2.26. The molecule has 1 aliphatic carbocycles. The quantitative estimate of drug-likeness (QED) is 0.0399. The standard InChI is InChI=1S/C12H18ClN5.C11H19N5.2C10H14ClN5.4C9H12ClN5.C8H10ClN5/c1-8(2)16-11(14)17-12(15)18(3)10-6-4-9(13)5-7-10;1-16(2)11(13)15-10(12)14-8-7-9-5-3-4-6-9;1-15(10(14)16(2)9(12)13)8-5-3-7(11)4-6-8;1-14-10(15-9(12)13)16(2)8-5-3-7(11)4-6-8;1-13-8(11)15-9(12)14-7-4-2-6(10)3-5-7;1-15(9(13)14-8(11)12)7-4-2-6(10)3-5-7;1-15(8(11)12)9(13)14-7-4-2-6(10)3-5-7;1-13-9(15-8(11)12)14-7-4-2-6(10)3-5-7;9-5-1-3-6(4-2-5)13-8(12)14-7(10)11/h4-8H,1-3H3,(H4,14,15,16,17);3,5-6H,4,7-8H2,1-2H3,(H4,12,13,14,15);3-6,14H,1-2H3,(H3,12,13);3-6H,1-2H3,(H4,12,13,14,15);2-5H,1H3,(H5,11,12,13,14,15);2-5H,1H3,(H5,11,12,13,14);2-5H,1H3,(H3,11,12)(H2,13,14);2-5H,1H3,(H5,11,12,13,14,15);1-4H,(H6,10,11,12,13,14). The van der Waals surface area contributed by atoms with Crippen molar-refractivity contribution in [1.29, 1.82) is 21.6 Å². The third-order valence-corrected chi connectivity index (χ3v) is 18.5. The van der Waals surface area contributed by atoms with E-state index in [1.54, 1.807) is 253 Å². The van der Waals surface area contributed by atoms with Crippen LogP contribution in [0.3, 0.4) is 0 Å². The van der Waals surface area contributed by atoms with Gasteiger partial charge in [-0.25, -0.2) is 15.0 Å². The minimum Gasteiger partial charge on any atom is -0.370 e. The molecule has 1 aliphatic rings. The molecule has 42 N–H and O–H groups in total. The van der Waals surface area contributed by atoms with Crippen LogP contribution in [0.15, 0.2) is 288 Å². The van der Waals surface area contributed by atoms with E-state index in [0.29, 0.717) is 76.0 Å². The molecule has 0 radical (unpaired) electrons. The number of nitrogens with zero attached hydrogens (tertiary/aromatic N) is 21. The topological polar surface area (TPSA) is 784 Å². The maximum atomic E-state index is 7.82. The minimum atomic E-state index is -0.175. The Morgan fingerprint density at radius 3 is 1.09 bits per heavy atom. The number of allylic oxidation sites excluding steroid dienone is 3. The van der Waals surface area contributed by atoms with E-state index in [9.17, 15) is 0 Å². The molecule has 0 spiro atoms. The average Bonchev–Trinajstić information content (AvgIpc) is 0.880. The summed E-state index contributed by atoms with van der Waals surface area (Å²) in [6.45, 7) is 4.48. The van der Waals surface area contributed by atoms with Crippen molar-refractivity contribution in [2.45, 2.75) is 32.7 Å². The summed E-state index contributed by atoms with van der Waals surface area (Å²) in [7, 11) is 18.5. The van der Waals surface area contributed by atoms with E-state index in [0.717, 1.165) is 47.0 Å². The number of guanidine groups is 18. The molecule has 0 saturated heterocycles. The van der Waals surface area contributed by atoms with Gasteiger partial charge in [0.1, 0.15) is 0 Å². The van der Waals surface area contributed by atoms with Gasteiger partial charge in [0.15, 0.2) is 41.7 Å². The van der Waals surface area contributed by atoms with Crippen molar-refractivity contribution in [2.24, 2.45) is 173 Å². The van der Waals surface area contributed by atoms with E-state index >= 15 is 0 Å². The van der Waals surface area contributed by atoms with Gasteiger partial charge in [-0.2, -0.15) is 34.9 Å². The zero-order valence-corrected chi connectivity index (χ0v) is 85.3. The summed E-state index contributed by atoms with van der Waals surface area (Å²) < 4.78 is 0. The molecule has 45 nitrogen and oxygen atoms in total. The molecule has 0 unspecified atom stereocenters. The average molecular weight is 2080 g/mol. The van der Waals surface area contributed by atoms with Crippen LogP contribution >= 0.6 is 92.8 Å². The molecule has 0 bridgehead atoms. The minimum absolute atomic E-state index is 0.00678. The lowest BCUT2D eigenvalue weighted by Crippen LogP contribution is -2.45. The second kappa shape index (κ2) is 65.8. The Labute approximate surface area is 854 Å². The number of hydrogen-bond donors (Lipinski definition) is 24. The van der Waals surface area contributed by atoms with E-state index in [4.69, 9.17) is 218 Å². The van der Waals surface area contributed by atoms with Crippen LogP contribution in [0.25, 0.3) is 0 Å². The predicted octanol–water partition coefficient (Wildman–Crippen LogP) is 9.52. The summed E-state index contributed by atoms with van der Waals surface area (Å²) in [5, 5.41) is 40.8. The smallest absolute Gasteiger partial charge is 0.227 e. The van der Waals surface area contributed by atoms with Crippen LogP contribution in [0.2, 0.25) is 40.2 Å². The number of nitrogens with one attached hydrogen (secondary N) is 6. The molecule has 9 rings (SSSR count). The molecule has 0 fully saturated rings. The van der Waals surface area contributed by atoms with Gasteiger partial charge in [0.2, 0.25) is 65.6 Å². The molecule has 0 amide bonds. The van der Waals surface area contributed by atoms with Gasteiger partial charge in [0.05, 0.1) is 11.4 Å². The Bertz CT molecular complexity index is 5720. The highest BCUT2D eigenvalue weighted by atomic mass is 35.5. The Morgan fingerprint density at radius 2 is 0.729 bits per heavy atom. The molecule has 8 aromatic carbocycles. The molecular formula is C87H123Cl8N45. The highest BCUT2D eigenvalue weighted by Gasteiger charge is 2.15. The third-order valence-electron chi connectivity index (χ3n) is 16.5. The van der Waals surface area contributed by atoms with Gasteiger partial charge in [0.25, 0.3) is 0 Å². The number of anilines is 6. The van der Waals surface area contributed by atoms with E-state index in [-0.39, 0.29) is 95.4 Å². The number of halogens is 8. The van der Waals surface area contributed by atoms with Crippen LogP contribution in [0, 0.1) is 21.6 Å². The van der Waals surface area contributed by atoms with E-state index in [2.05, 4.69) is 98.8 Å². The summed E-state index contributed by atoms with van der Waals surface area (Å²) in [6.07, 6.45) is 8.35. The van der Waals surface area contributed by atoms with Gasteiger partial charge in [-0.15, -0.1) is 0 Å². The second-order valence-electron chi connectivity index (χ2n) is 28.0. The first-order chi connectivity index (χ1) is 65.8.